The molecule has 1 saturated carbocycles. The number of hydrogen-bond donors (Lipinski definition) is 1. The number of rotatable bonds is 0. The number of anilines is 1. The smallest absolute Gasteiger partial charge is 0.0453 e. The van der Waals surface area contributed by atoms with E-state index in [-0.39, 0.29) is 0 Å². The van der Waals surface area contributed by atoms with Crippen LogP contribution in [0.3, 0.4) is 0 Å². The van der Waals surface area contributed by atoms with Crippen molar-refractivity contribution in [3.05, 3.63) is 29.3 Å². The van der Waals surface area contributed by atoms with Gasteiger partial charge in [-0.2, -0.15) is 0 Å². The number of nitrogens with one attached hydrogen (secondary N) is 1. The SMILES string of the molecule is CC1CNCc2cccc3c2N1CC31CCC1. The van der Waals surface area contributed by atoms with Crippen molar-refractivity contribution in [1.82, 2.24) is 5.32 Å². The standard InChI is InChI=1S/C15H20N2/c1-11-8-16-9-12-4-2-5-13-14(12)17(11)10-15(13)6-3-7-15/h2,4-5,11,16H,3,6-10H2,1H3. The molecule has 1 aromatic rings. The van der Waals surface area contributed by atoms with Crippen molar-refractivity contribution in [1.29, 1.82) is 0 Å². The molecule has 1 aromatic carbocycles. The van der Waals surface area contributed by atoms with Crippen LogP contribution in [0.2, 0.25) is 0 Å². The Morgan fingerprint density at radius 3 is 3.00 bits per heavy atom. The molecule has 1 fully saturated rings. The van der Waals surface area contributed by atoms with Crippen LogP contribution >= 0.6 is 0 Å². The molecular formula is C15H20N2. The molecule has 17 heavy (non-hydrogen) atoms. The summed E-state index contributed by atoms with van der Waals surface area (Å²) in [5.74, 6) is 0. The third kappa shape index (κ3) is 1.19. The normalized spacial score (nSPS) is 28.8. The molecule has 2 nitrogen and oxygen atoms in total. The molecular weight excluding hydrogens is 208 g/mol. The second-order valence-corrected chi connectivity index (χ2v) is 6.06. The van der Waals surface area contributed by atoms with Crippen molar-refractivity contribution in [3.63, 3.8) is 0 Å². The molecule has 1 atom stereocenters. The zero-order valence-corrected chi connectivity index (χ0v) is 10.5. The van der Waals surface area contributed by atoms with Crippen molar-refractivity contribution < 1.29 is 0 Å². The van der Waals surface area contributed by atoms with Crippen LogP contribution in [-0.4, -0.2) is 19.1 Å². The Balaban J connectivity index is 1.91. The van der Waals surface area contributed by atoms with Crippen LogP contribution in [0.1, 0.15) is 37.3 Å². The van der Waals surface area contributed by atoms with E-state index in [0.29, 0.717) is 11.5 Å². The van der Waals surface area contributed by atoms with E-state index >= 15 is 0 Å². The quantitative estimate of drug-likeness (QED) is 0.733. The number of hydrogen-bond acceptors (Lipinski definition) is 2. The lowest BCUT2D eigenvalue weighted by molar-refractivity contribution is 0.259. The van der Waals surface area contributed by atoms with Gasteiger partial charge in [0, 0.05) is 36.8 Å². The number of nitrogens with zero attached hydrogens (tertiary/aromatic N) is 1. The van der Waals surface area contributed by atoms with Gasteiger partial charge in [-0.25, -0.2) is 0 Å². The van der Waals surface area contributed by atoms with Crippen molar-refractivity contribution in [2.24, 2.45) is 0 Å². The molecule has 0 amide bonds. The minimum absolute atomic E-state index is 0.525. The first-order chi connectivity index (χ1) is 8.30. The summed E-state index contributed by atoms with van der Waals surface area (Å²) in [5, 5.41) is 3.57. The van der Waals surface area contributed by atoms with Crippen LogP contribution in [0.5, 0.6) is 0 Å². The van der Waals surface area contributed by atoms with E-state index < -0.39 is 0 Å². The highest BCUT2D eigenvalue weighted by Crippen LogP contribution is 2.54. The highest BCUT2D eigenvalue weighted by molar-refractivity contribution is 5.69. The van der Waals surface area contributed by atoms with Gasteiger partial charge in [0.15, 0.2) is 0 Å². The van der Waals surface area contributed by atoms with Crippen molar-refractivity contribution in [2.75, 3.05) is 18.0 Å². The Bertz CT molecular complexity index is 462. The number of fused-ring (bicyclic) bond motifs is 1. The topological polar surface area (TPSA) is 15.3 Å². The second kappa shape index (κ2) is 3.26. The lowest BCUT2D eigenvalue weighted by atomic mass is 9.65. The minimum Gasteiger partial charge on any atom is -0.366 e. The second-order valence-electron chi connectivity index (χ2n) is 6.06. The van der Waals surface area contributed by atoms with Crippen molar-refractivity contribution >= 4 is 5.69 Å². The van der Waals surface area contributed by atoms with Gasteiger partial charge in [0.1, 0.15) is 0 Å². The van der Waals surface area contributed by atoms with Gasteiger partial charge in [-0.1, -0.05) is 24.6 Å². The molecule has 1 aliphatic carbocycles. The lowest BCUT2D eigenvalue weighted by Crippen LogP contribution is -2.44. The van der Waals surface area contributed by atoms with E-state index in [4.69, 9.17) is 0 Å². The van der Waals surface area contributed by atoms with E-state index in [1.807, 2.05) is 0 Å². The zero-order chi connectivity index (χ0) is 11.5. The molecule has 2 heterocycles. The lowest BCUT2D eigenvalue weighted by Gasteiger charge is -2.40. The monoisotopic (exact) mass is 228 g/mol. The Morgan fingerprint density at radius 2 is 2.24 bits per heavy atom. The van der Waals surface area contributed by atoms with E-state index in [2.05, 4.69) is 35.3 Å². The van der Waals surface area contributed by atoms with Gasteiger partial charge >= 0.3 is 0 Å². The third-order valence-corrected chi connectivity index (χ3v) is 5.05. The highest BCUT2D eigenvalue weighted by Gasteiger charge is 2.48. The fourth-order valence-electron chi connectivity index (χ4n) is 3.92. The molecule has 2 aliphatic heterocycles. The van der Waals surface area contributed by atoms with E-state index in [1.165, 1.54) is 31.4 Å². The first kappa shape index (κ1) is 9.95. The van der Waals surface area contributed by atoms with Crippen LogP contribution in [0.15, 0.2) is 18.2 Å². The van der Waals surface area contributed by atoms with Gasteiger partial charge in [-0.3, -0.25) is 0 Å². The van der Waals surface area contributed by atoms with Crippen LogP contribution in [0, 0.1) is 0 Å². The van der Waals surface area contributed by atoms with E-state index in [1.54, 1.807) is 11.3 Å². The summed E-state index contributed by atoms with van der Waals surface area (Å²) in [7, 11) is 0. The summed E-state index contributed by atoms with van der Waals surface area (Å²) in [6.45, 7) is 5.78. The molecule has 2 heteroatoms. The van der Waals surface area contributed by atoms with E-state index in [0.717, 1.165) is 13.1 Å². The number of para-hydroxylation sites is 1. The van der Waals surface area contributed by atoms with Crippen LogP contribution in [-0.2, 0) is 12.0 Å². The number of benzene rings is 1. The summed E-state index contributed by atoms with van der Waals surface area (Å²) in [6.07, 6.45) is 4.23. The molecule has 0 saturated heterocycles. The Labute approximate surface area is 103 Å². The average Bonchev–Trinajstić information content (AvgIpc) is 2.56. The van der Waals surface area contributed by atoms with Gasteiger partial charge in [0.25, 0.3) is 0 Å². The molecule has 1 N–H and O–H groups in total. The van der Waals surface area contributed by atoms with Gasteiger partial charge in [-0.15, -0.1) is 0 Å². The van der Waals surface area contributed by atoms with Crippen molar-refractivity contribution in [3.8, 4) is 0 Å². The van der Waals surface area contributed by atoms with E-state index in [9.17, 15) is 0 Å². The molecule has 3 aliphatic rings. The average molecular weight is 228 g/mol. The fourth-order valence-corrected chi connectivity index (χ4v) is 3.92. The maximum atomic E-state index is 3.57. The van der Waals surface area contributed by atoms with Crippen LogP contribution < -0.4 is 10.2 Å². The predicted octanol–water partition coefficient (Wildman–Crippen LogP) is 2.42. The summed E-state index contributed by atoms with van der Waals surface area (Å²) < 4.78 is 0. The van der Waals surface area contributed by atoms with Crippen LogP contribution in [0.25, 0.3) is 0 Å². The van der Waals surface area contributed by atoms with Crippen molar-refractivity contribution in [2.45, 2.75) is 44.2 Å². The largest absolute Gasteiger partial charge is 0.366 e. The maximum absolute atomic E-state index is 3.57. The highest BCUT2D eigenvalue weighted by atomic mass is 15.2. The van der Waals surface area contributed by atoms with Gasteiger partial charge in [0.2, 0.25) is 0 Å². The molecule has 90 valence electrons. The predicted molar refractivity (Wildman–Crippen MR) is 70.5 cm³/mol. The summed E-state index contributed by atoms with van der Waals surface area (Å²) in [6, 6.07) is 7.58. The first-order valence-electron chi connectivity index (χ1n) is 6.90. The van der Waals surface area contributed by atoms with Gasteiger partial charge in [0.05, 0.1) is 0 Å². The maximum Gasteiger partial charge on any atom is 0.0453 e. The Morgan fingerprint density at radius 1 is 1.35 bits per heavy atom. The van der Waals surface area contributed by atoms with Gasteiger partial charge < -0.3 is 10.2 Å². The fraction of sp³-hybridized carbons (Fsp3) is 0.600. The zero-order valence-electron chi connectivity index (χ0n) is 10.5. The third-order valence-electron chi connectivity index (χ3n) is 5.05. The molecule has 0 radical (unpaired) electrons. The Kier molecular flexibility index (Phi) is 1.91. The first-order valence-corrected chi connectivity index (χ1v) is 6.90. The van der Waals surface area contributed by atoms with Crippen LogP contribution in [0.4, 0.5) is 5.69 Å². The summed E-state index contributed by atoms with van der Waals surface area (Å²) in [5.41, 5.74) is 5.26. The molecule has 0 bridgehead atoms. The van der Waals surface area contributed by atoms with Gasteiger partial charge in [-0.05, 0) is 30.9 Å². The molecule has 1 unspecified atom stereocenters. The minimum atomic E-state index is 0.525. The summed E-state index contributed by atoms with van der Waals surface area (Å²) >= 11 is 0. The molecule has 1 spiro atoms. The molecule has 4 rings (SSSR count). The summed E-state index contributed by atoms with van der Waals surface area (Å²) in [4.78, 5) is 2.67. The molecule has 0 aromatic heterocycles. The Hall–Kier alpha value is -1.02.